The van der Waals surface area contributed by atoms with Crippen LogP contribution in [-0.4, -0.2) is 39.1 Å². The Morgan fingerprint density at radius 2 is 2.19 bits per heavy atom. The SMILES string of the molecule is Cc1cc(-c2nc3c(s2)CN(C(=O)[O-])CC3)c2ncc(OC(F)F)nc2c1. The number of nitrogens with zero attached hydrogens (tertiary/aromatic N) is 4. The zero-order valence-corrected chi connectivity index (χ0v) is 14.9. The van der Waals surface area contributed by atoms with Crippen LogP contribution in [0.1, 0.15) is 16.1 Å². The zero-order valence-electron chi connectivity index (χ0n) is 14.1. The summed E-state index contributed by atoms with van der Waals surface area (Å²) in [6.45, 7) is -0.520. The van der Waals surface area contributed by atoms with E-state index in [1.807, 2.05) is 13.0 Å². The first-order valence-corrected chi connectivity index (χ1v) is 8.89. The molecule has 2 aromatic heterocycles. The summed E-state index contributed by atoms with van der Waals surface area (Å²) in [5.41, 5.74) is 3.39. The van der Waals surface area contributed by atoms with Crippen LogP contribution in [0.3, 0.4) is 0 Å². The Morgan fingerprint density at radius 3 is 2.93 bits per heavy atom. The number of amides is 1. The zero-order chi connectivity index (χ0) is 19.1. The van der Waals surface area contributed by atoms with Crippen LogP contribution < -0.4 is 9.84 Å². The average molecular weight is 391 g/mol. The van der Waals surface area contributed by atoms with E-state index < -0.39 is 12.7 Å². The molecule has 0 aliphatic carbocycles. The maximum atomic E-state index is 12.4. The smallest absolute Gasteiger partial charge is 0.388 e. The van der Waals surface area contributed by atoms with Gasteiger partial charge in [0.2, 0.25) is 5.88 Å². The number of alkyl halides is 2. The van der Waals surface area contributed by atoms with Crippen LogP contribution in [0.2, 0.25) is 0 Å². The molecule has 140 valence electrons. The standard InChI is InChI=1S/C17H14F2N4O3S/c1-8-4-9(14-11(5-8)21-13(6-20-14)26-16(18)19)15-22-10-2-3-23(17(24)25)7-12(10)27-15/h4-6,16H,2-3,7H2,1H3,(H,24,25)/p-1. The molecule has 0 fully saturated rings. The Kier molecular flexibility index (Phi) is 4.34. The number of carbonyl (C=O) groups excluding carboxylic acids is 1. The summed E-state index contributed by atoms with van der Waals surface area (Å²) in [6, 6.07) is 3.63. The van der Waals surface area contributed by atoms with Crippen LogP contribution in [0.5, 0.6) is 5.88 Å². The Balaban J connectivity index is 1.77. The molecule has 1 aliphatic heterocycles. The molecule has 10 heteroatoms. The maximum Gasteiger partial charge on any atom is 0.388 e. The molecular formula is C17H13F2N4O3S-. The fourth-order valence-corrected chi connectivity index (χ4v) is 4.17. The number of hydrogen-bond donors (Lipinski definition) is 0. The molecule has 27 heavy (non-hydrogen) atoms. The molecule has 0 unspecified atom stereocenters. The van der Waals surface area contributed by atoms with Gasteiger partial charge in [0, 0.05) is 23.4 Å². The summed E-state index contributed by atoms with van der Waals surface area (Å²) >= 11 is 1.39. The van der Waals surface area contributed by atoms with Gasteiger partial charge in [0.1, 0.15) is 11.1 Å². The predicted octanol–water partition coefficient (Wildman–Crippen LogP) is 2.36. The third-order valence-electron chi connectivity index (χ3n) is 4.20. The second kappa shape index (κ2) is 6.69. The van der Waals surface area contributed by atoms with Crippen molar-refractivity contribution in [3.8, 4) is 16.5 Å². The predicted molar refractivity (Wildman–Crippen MR) is 91.5 cm³/mol. The van der Waals surface area contributed by atoms with E-state index >= 15 is 0 Å². The number of halogens is 2. The van der Waals surface area contributed by atoms with Crippen LogP contribution in [0, 0.1) is 6.92 Å². The molecule has 3 heterocycles. The first-order chi connectivity index (χ1) is 12.9. The summed E-state index contributed by atoms with van der Waals surface area (Å²) in [5.74, 6) is -0.253. The maximum absolute atomic E-state index is 12.4. The van der Waals surface area contributed by atoms with Gasteiger partial charge in [0.25, 0.3) is 0 Å². The third-order valence-corrected chi connectivity index (χ3v) is 5.31. The Morgan fingerprint density at radius 1 is 1.37 bits per heavy atom. The summed E-state index contributed by atoms with van der Waals surface area (Å²) in [6.07, 6.45) is 0.467. The van der Waals surface area contributed by atoms with Crippen molar-refractivity contribution in [2.75, 3.05) is 6.54 Å². The van der Waals surface area contributed by atoms with Crippen molar-refractivity contribution in [3.05, 3.63) is 34.5 Å². The molecule has 7 nitrogen and oxygen atoms in total. The van der Waals surface area contributed by atoms with Gasteiger partial charge in [-0.05, 0) is 24.6 Å². The van der Waals surface area contributed by atoms with E-state index in [2.05, 4.69) is 19.7 Å². The highest BCUT2D eigenvalue weighted by molar-refractivity contribution is 7.15. The van der Waals surface area contributed by atoms with Gasteiger partial charge in [-0.15, -0.1) is 11.3 Å². The molecular weight excluding hydrogens is 378 g/mol. The van der Waals surface area contributed by atoms with Crippen molar-refractivity contribution in [2.24, 2.45) is 0 Å². The van der Waals surface area contributed by atoms with E-state index in [-0.39, 0.29) is 12.4 Å². The number of ether oxygens (including phenoxy) is 1. The highest BCUT2D eigenvalue weighted by atomic mass is 32.1. The van der Waals surface area contributed by atoms with Gasteiger partial charge in [-0.2, -0.15) is 8.78 Å². The molecule has 4 rings (SSSR count). The summed E-state index contributed by atoms with van der Waals surface area (Å²) in [5, 5.41) is 11.8. The number of benzene rings is 1. The van der Waals surface area contributed by atoms with Crippen molar-refractivity contribution >= 4 is 28.5 Å². The molecule has 0 saturated carbocycles. The Hall–Kier alpha value is -2.88. The molecule has 1 aromatic carbocycles. The van der Waals surface area contributed by atoms with Gasteiger partial charge >= 0.3 is 6.61 Å². The van der Waals surface area contributed by atoms with Gasteiger partial charge in [0.05, 0.1) is 29.5 Å². The minimum atomic E-state index is -2.97. The number of carboxylic acid groups (broad SMARTS) is 1. The first kappa shape index (κ1) is 17.5. The second-order valence-electron chi connectivity index (χ2n) is 6.09. The Labute approximate surface area is 156 Å². The summed E-state index contributed by atoms with van der Waals surface area (Å²) < 4.78 is 29.2. The van der Waals surface area contributed by atoms with Crippen LogP contribution in [-0.2, 0) is 13.0 Å². The van der Waals surface area contributed by atoms with Crippen LogP contribution in [0.15, 0.2) is 18.3 Å². The number of hydrogen-bond acceptors (Lipinski definition) is 7. The van der Waals surface area contributed by atoms with Gasteiger partial charge in [-0.1, -0.05) is 0 Å². The van der Waals surface area contributed by atoms with Crippen LogP contribution in [0.25, 0.3) is 21.6 Å². The highest BCUT2D eigenvalue weighted by Gasteiger charge is 2.22. The highest BCUT2D eigenvalue weighted by Crippen LogP contribution is 2.35. The minimum Gasteiger partial charge on any atom is -0.530 e. The van der Waals surface area contributed by atoms with Crippen LogP contribution >= 0.6 is 11.3 Å². The molecule has 0 saturated heterocycles. The molecule has 0 bridgehead atoms. The van der Waals surface area contributed by atoms with E-state index in [1.165, 1.54) is 16.2 Å². The van der Waals surface area contributed by atoms with Gasteiger partial charge in [-0.25, -0.2) is 15.0 Å². The molecule has 0 N–H and O–H groups in total. The first-order valence-electron chi connectivity index (χ1n) is 8.08. The second-order valence-corrected chi connectivity index (χ2v) is 7.18. The average Bonchev–Trinajstić information content (AvgIpc) is 3.03. The Bertz CT molecular complexity index is 1040. The molecule has 0 radical (unpaired) electrons. The number of rotatable bonds is 3. The quantitative estimate of drug-likeness (QED) is 0.681. The number of carbonyl (C=O) groups is 1. The van der Waals surface area contributed by atoms with Crippen molar-refractivity contribution in [1.82, 2.24) is 19.9 Å². The van der Waals surface area contributed by atoms with E-state index in [0.29, 0.717) is 29.0 Å². The number of thiazole rings is 1. The van der Waals surface area contributed by atoms with Crippen LogP contribution in [0.4, 0.5) is 13.6 Å². The van der Waals surface area contributed by atoms with Gasteiger partial charge in [-0.3, -0.25) is 0 Å². The lowest BCUT2D eigenvalue weighted by Gasteiger charge is -2.27. The van der Waals surface area contributed by atoms with E-state index in [9.17, 15) is 18.7 Å². The van der Waals surface area contributed by atoms with E-state index in [0.717, 1.165) is 27.9 Å². The van der Waals surface area contributed by atoms with Gasteiger partial charge < -0.3 is 19.5 Å². The minimum absolute atomic E-state index is 0.247. The molecule has 1 amide bonds. The number of fused-ring (bicyclic) bond motifs is 2. The third kappa shape index (κ3) is 3.39. The topological polar surface area (TPSA) is 91.3 Å². The lowest BCUT2D eigenvalue weighted by Crippen LogP contribution is -2.43. The number of aryl methyl sites for hydroxylation is 1. The van der Waals surface area contributed by atoms with Crippen molar-refractivity contribution in [2.45, 2.75) is 26.5 Å². The lowest BCUT2D eigenvalue weighted by molar-refractivity contribution is -0.266. The monoisotopic (exact) mass is 391 g/mol. The molecule has 1 aliphatic rings. The molecule has 0 spiro atoms. The summed E-state index contributed by atoms with van der Waals surface area (Å²) in [4.78, 5) is 26.2. The lowest BCUT2D eigenvalue weighted by atomic mass is 10.1. The van der Waals surface area contributed by atoms with E-state index in [1.54, 1.807) is 6.07 Å². The van der Waals surface area contributed by atoms with Crippen molar-refractivity contribution in [3.63, 3.8) is 0 Å². The normalized spacial score (nSPS) is 13.9. The fourth-order valence-electron chi connectivity index (χ4n) is 3.03. The fraction of sp³-hybridized carbons (Fsp3) is 0.294. The van der Waals surface area contributed by atoms with Gasteiger partial charge in [0.15, 0.2) is 0 Å². The van der Waals surface area contributed by atoms with Crippen molar-refractivity contribution < 1.29 is 23.4 Å². The molecule has 0 atom stereocenters. The summed E-state index contributed by atoms with van der Waals surface area (Å²) in [7, 11) is 0. The molecule has 3 aromatic rings. The van der Waals surface area contributed by atoms with E-state index in [4.69, 9.17) is 0 Å². The largest absolute Gasteiger partial charge is 0.530 e. The van der Waals surface area contributed by atoms with Crippen molar-refractivity contribution in [1.29, 1.82) is 0 Å². The number of aromatic nitrogens is 3.